The molecule has 3 aromatic rings. The summed E-state index contributed by atoms with van der Waals surface area (Å²) in [5.74, 6) is -0.176. The predicted molar refractivity (Wildman–Crippen MR) is 139 cm³/mol. The van der Waals surface area contributed by atoms with Crippen LogP contribution in [-0.2, 0) is 29.0 Å². The van der Waals surface area contributed by atoms with E-state index in [0.717, 1.165) is 23.1 Å². The topological polar surface area (TPSA) is 49.4 Å². The summed E-state index contributed by atoms with van der Waals surface area (Å²) in [6, 6.07) is 24.9. The molecule has 0 aromatic heterocycles. The normalized spacial score (nSPS) is 11.6. The molecule has 2 amide bonds. The van der Waals surface area contributed by atoms with E-state index in [9.17, 15) is 9.59 Å². The third-order valence-electron chi connectivity index (χ3n) is 5.81. The van der Waals surface area contributed by atoms with Gasteiger partial charge < -0.3 is 10.2 Å². The number of carbonyl (C=O) groups excluding carboxylic acids is 2. The summed E-state index contributed by atoms with van der Waals surface area (Å²) in [7, 11) is 0. The van der Waals surface area contributed by atoms with Crippen molar-refractivity contribution in [1.82, 2.24) is 10.2 Å². The van der Waals surface area contributed by atoms with Gasteiger partial charge in [-0.15, -0.1) is 0 Å². The Balaban J connectivity index is 1.88. The number of hydrogen-bond donors (Lipinski definition) is 1. The van der Waals surface area contributed by atoms with Crippen LogP contribution in [-0.4, -0.2) is 29.3 Å². The lowest BCUT2D eigenvalue weighted by Gasteiger charge is -2.31. The zero-order chi connectivity index (χ0) is 24.3. The second kappa shape index (κ2) is 13.0. The molecule has 0 heterocycles. The van der Waals surface area contributed by atoms with Gasteiger partial charge in [0.25, 0.3) is 0 Å². The van der Waals surface area contributed by atoms with Crippen molar-refractivity contribution in [2.45, 2.75) is 52.1 Å². The maximum atomic E-state index is 13.6. The second-order valence-electron chi connectivity index (χ2n) is 8.63. The number of nitrogens with zero attached hydrogens (tertiary/aromatic N) is 1. The minimum absolute atomic E-state index is 0.0480. The van der Waals surface area contributed by atoms with Crippen molar-refractivity contribution in [3.63, 3.8) is 0 Å². The summed E-state index contributed by atoms with van der Waals surface area (Å²) >= 11 is 6.22. The smallest absolute Gasteiger partial charge is 0.243 e. The van der Waals surface area contributed by atoms with Gasteiger partial charge in [0, 0.05) is 31.0 Å². The van der Waals surface area contributed by atoms with E-state index in [0.29, 0.717) is 37.4 Å². The average Bonchev–Trinajstić information content (AvgIpc) is 2.85. The first-order valence-corrected chi connectivity index (χ1v) is 12.2. The number of amides is 2. The lowest BCUT2D eigenvalue weighted by molar-refractivity contribution is -0.141. The average molecular weight is 477 g/mol. The molecule has 3 aromatic carbocycles. The maximum absolute atomic E-state index is 13.6. The molecule has 0 aliphatic heterocycles. The highest BCUT2D eigenvalue weighted by molar-refractivity contribution is 6.30. The Morgan fingerprint density at radius 3 is 2.29 bits per heavy atom. The highest BCUT2D eigenvalue weighted by atomic mass is 35.5. The summed E-state index contributed by atoms with van der Waals surface area (Å²) in [4.78, 5) is 28.6. The summed E-state index contributed by atoms with van der Waals surface area (Å²) in [5.41, 5.74) is 4.21. The molecule has 5 heteroatoms. The van der Waals surface area contributed by atoms with Gasteiger partial charge in [-0.2, -0.15) is 0 Å². The molecule has 0 aliphatic rings. The number of nitrogens with one attached hydrogen (secondary N) is 1. The molecule has 4 nitrogen and oxygen atoms in total. The lowest BCUT2D eigenvalue weighted by atomic mass is 10.0. The number of halogens is 1. The minimum atomic E-state index is -0.613. The number of hydrogen-bond acceptors (Lipinski definition) is 2. The Morgan fingerprint density at radius 1 is 0.912 bits per heavy atom. The third-order valence-corrected chi connectivity index (χ3v) is 6.05. The van der Waals surface area contributed by atoms with Crippen LogP contribution in [0.5, 0.6) is 0 Å². The van der Waals surface area contributed by atoms with Crippen molar-refractivity contribution in [1.29, 1.82) is 0 Å². The number of aryl methyl sites for hydroxylation is 2. The van der Waals surface area contributed by atoms with E-state index in [2.05, 4.69) is 29.6 Å². The molecular formula is C29H33ClN2O2. The molecule has 3 rings (SSSR count). The third kappa shape index (κ3) is 7.74. The van der Waals surface area contributed by atoms with Crippen LogP contribution in [0.1, 0.15) is 42.0 Å². The van der Waals surface area contributed by atoms with Crippen LogP contribution in [0.15, 0.2) is 78.9 Å². The quantitative estimate of drug-likeness (QED) is 0.383. The van der Waals surface area contributed by atoms with E-state index in [1.807, 2.05) is 68.4 Å². The Morgan fingerprint density at radius 2 is 1.62 bits per heavy atom. The number of carbonyl (C=O) groups is 2. The summed E-state index contributed by atoms with van der Waals surface area (Å²) in [6.07, 6.45) is 2.24. The Hall–Kier alpha value is -3.11. The van der Waals surface area contributed by atoms with Crippen LogP contribution in [0.2, 0.25) is 5.02 Å². The van der Waals surface area contributed by atoms with Gasteiger partial charge in [-0.3, -0.25) is 9.59 Å². The molecular weight excluding hydrogens is 444 g/mol. The summed E-state index contributed by atoms with van der Waals surface area (Å²) in [6.45, 7) is 4.96. The van der Waals surface area contributed by atoms with Crippen molar-refractivity contribution in [3.05, 3.63) is 106 Å². The van der Waals surface area contributed by atoms with Crippen LogP contribution in [0.25, 0.3) is 0 Å². The van der Waals surface area contributed by atoms with Gasteiger partial charge in [0.2, 0.25) is 11.8 Å². The van der Waals surface area contributed by atoms with Crippen molar-refractivity contribution in [3.8, 4) is 0 Å². The lowest BCUT2D eigenvalue weighted by Crippen LogP contribution is -2.50. The molecule has 1 unspecified atom stereocenters. The maximum Gasteiger partial charge on any atom is 0.243 e. The van der Waals surface area contributed by atoms with Crippen LogP contribution >= 0.6 is 11.6 Å². The molecule has 178 valence electrons. The first-order chi connectivity index (χ1) is 16.5. The van der Waals surface area contributed by atoms with E-state index in [-0.39, 0.29) is 11.8 Å². The molecule has 0 saturated carbocycles. The van der Waals surface area contributed by atoms with Gasteiger partial charge in [-0.05, 0) is 48.6 Å². The molecule has 0 aliphatic carbocycles. The first-order valence-electron chi connectivity index (χ1n) is 11.9. The number of rotatable bonds is 11. The van der Waals surface area contributed by atoms with E-state index in [4.69, 9.17) is 11.6 Å². The van der Waals surface area contributed by atoms with Gasteiger partial charge in [-0.1, -0.05) is 90.8 Å². The van der Waals surface area contributed by atoms with Gasteiger partial charge >= 0.3 is 0 Å². The zero-order valence-corrected chi connectivity index (χ0v) is 20.7. The fourth-order valence-corrected chi connectivity index (χ4v) is 4.11. The first kappa shape index (κ1) is 25.5. The monoisotopic (exact) mass is 476 g/mol. The summed E-state index contributed by atoms with van der Waals surface area (Å²) < 4.78 is 0. The van der Waals surface area contributed by atoms with E-state index in [1.54, 1.807) is 4.90 Å². The fraction of sp³-hybridized carbons (Fsp3) is 0.310. The van der Waals surface area contributed by atoms with E-state index < -0.39 is 6.04 Å². The molecule has 0 fully saturated rings. The van der Waals surface area contributed by atoms with Crippen molar-refractivity contribution in [2.24, 2.45) is 0 Å². The molecule has 1 atom stereocenters. The Labute approximate surface area is 207 Å². The second-order valence-corrected chi connectivity index (χ2v) is 9.07. The van der Waals surface area contributed by atoms with Crippen molar-refractivity contribution < 1.29 is 9.59 Å². The van der Waals surface area contributed by atoms with Crippen LogP contribution in [0.4, 0.5) is 0 Å². The standard InChI is InChI=1S/C29H33ClN2O2/c1-3-18-31-29(34)27(20-24-8-5-4-6-9-24)32(21-25-10-7-11-26(30)19-25)28(33)17-16-23-14-12-22(2)13-15-23/h4-15,19,27H,3,16-18,20-21H2,1-2H3,(H,31,34). The minimum Gasteiger partial charge on any atom is -0.354 e. The Kier molecular flexibility index (Phi) is 9.72. The molecule has 0 radical (unpaired) electrons. The van der Waals surface area contributed by atoms with E-state index >= 15 is 0 Å². The molecule has 0 bridgehead atoms. The van der Waals surface area contributed by atoms with Gasteiger partial charge in [0.1, 0.15) is 6.04 Å². The zero-order valence-electron chi connectivity index (χ0n) is 20.0. The molecule has 34 heavy (non-hydrogen) atoms. The Bertz CT molecular complexity index is 1070. The van der Waals surface area contributed by atoms with Gasteiger partial charge in [-0.25, -0.2) is 0 Å². The van der Waals surface area contributed by atoms with Gasteiger partial charge in [0.05, 0.1) is 0 Å². The van der Waals surface area contributed by atoms with Gasteiger partial charge in [0.15, 0.2) is 0 Å². The van der Waals surface area contributed by atoms with Crippen molar-refractivity contribution in [2.75, 3.05) is 6.54 Å². The molecule has 0 spiro atoms. The highest BCUT2D eigenvalue weighted by Crippen LogP contribution is 2.19. The predicted octanol–water partition coefficient (Wildman–Crippen LogP) is 5.75. The van der Waals surface area contributed by atoms with Crippen LogP contribution < -0.4 is 5.32 Å². The fourth-order valence-electron chi connectivity index (χ4n) is 3.90. The van der Waals surface area contributed by atoms with E-state index in [1.165, 1.54) is 5.56 Å². The highest BCUT2D eigenvalue weighted by Gasteiger charge is 2.30. The summed E-state index contributed by atoms with van der Waals surface area (Å²) in [5, 5.41) is 3.62. The van der Waals surface area contributed by atoms with Crippen LogP contribution in [0, 0.1) is 6.92 Å². The molecule has 1 N–H and O–H groups in total. The molecule has 0 saturated heterocycles. The largest absolute Gasteiger partial charge is 0.354 e. The van der Waals surface area contributed by atoms with Crippen molar-refractivity contribution >= 4 is 23.4 Å². The van der Waals surface area contributed by atoms with Crippen LogP contribution in [0.3, 0.4) is 0 Å². The number of benzene rings is 3. The SMILES string of the molecule is CCCNC(=O)C(Cc1ccccc1)N(Cc1cccc(Cl)c1)C(=O)CCc1ccc(C)cc1.